The zero-order valence-corrected chi connectivity index (χ0v) is 15.3. The number of anilines is 2. The second kappa shape index (κ2) is 7.92. The number of aryl methyl sites for hydroxylation is 1. The highest BCUT2D eigenvalue weighted by atomic mass is 35.5. The van der Waals surface area contributed by atoms with Crippen LogP contribution in [0, 0.1) is 6.92 Å². The molecule has 1 aromatic heterocycles. The van der Waals surface area contributed by atoms with Crippen LogP contribution in [-0.4, -0.2) is 24.1 Å². The van der Waals surface area contributed by atoms with Crippen LogP contribution in [0.5, 0.6) is 5.75 Å². The predicted molar refractivity (Wildman–Crippen MR) is 102 cm³/mol. The number of hydrogen-bond donors (Lipinski definition) is 2. The van der Waals surface area contributed by atoms with Crippen molar-refractivity contribution in [1.82, 2.24) is 5.16 Å². The number of nitrogens with zero attached hydrogens (tertiary/aromatic N) is 1. The summed E-state index contributed by atoms with van der Waals surface area (Å²) in [5.41, 5.74) is 1.15. The van der Waals surface area contributed by atoms with Crippen molar-refractivity contribution in [2.24, 2.45) is 0 Å². The van der Waals surface area contributed by atoms with Crippen LogP contribution in [-0.2, 0) is 0 Å². The first-order valence-electron chi connectivity index (χ1n) is 7.96. The van der Waals surface area contributed by atoms with Gasteiger partial charge in [-0.2, -0.15) is 0 Å². The minimum Gasteiger partial charge on any atom is -0.495 e. The number of nitrogens with one attached hydrogen (secondary N) is 2. The molecular formula is C19H16ClN3O4. The Morgan fingerprint density at radius 3 is 2.33 bits per heavy atom. The topological polar surface area (TPSA) is 93.5 Å². The zero-order chi connectivity index (χ0) is 19.4. The first-order valence-corrected chi connectivity index (χ1v) is 8.33. The largest absolute Gasteiger partial charge is 0.495 e. The smallest absolute Gasteiger partial charge is 0.256 e. The van der Waals surface area contributed by atoms with Crippen molar-refractivity contribution in [2.75, 3.05) is 17.7 Å². The number of benzene rings is 2. The fraction of sp³-hybridized carbons (Fsp3) is 0.105. The fourth-order valence-corrected chi connectivity index (χ4v) is 2.62. The average Bonchev–Trinajstić information content (AvgIpc) is 3.06. The Morgan fingerprint density at radius 1 is 1.04 bits per heavy atom. The summed E-state index contributed by atoms with van der Waals surface area (Å²) in [6.45, 7) is 1.72. The molecule has 0 spiro atoms. The molecule has 1 heterocycles. The number of ether oxygens (including phenoxy) is 1. The van der Waals surface area contributed by atoms with Crippen molar-refractivity contribution in [3.05, 3.63) is 70.4 Å². The van der Waals surface area contributed by atoms with Gasteiger partial charge in [-0.25, -0.2) is 0 Å². The Kier molecular flexibility index (Phi) is 5.42. The van der Waals surface area contributed by atoms with Crippen LogP contribution in [0.2, 0.25) is 5.02 Å². The molecule has 0 radical (unpaired) electrons. The van der Waals surface area contributed by atoms with E-state index in [2.05, 4.69) is 15.8 Å². The molecule has 3 rings (SSSR count). The van der Waals surface area contributed by atoms with E-state index in [9.17, 15) is 9.59 Å². The minimum absolute atomic E-state index is 0.306. The molecule has 0 aliphatic heterocycles. The van der Waals surface area contributed by atoms with Crippen LogP contribution in [0.4, 0.5) is 11.5 Å². The fourth-order valence-electron chi connectivity index (χ4n) is 2.36. The van der Waals surface area contributed by atoms with Gasteiger partial charge in [-0.05, 0) is 43.3 Å². The molecule has 27 heavy (non-hydrogen) atoms. The van der Waals surface area contributed by atoms with Crippen LogP contribution < -0.4 is 15.4 Å². The third-order valence-corrected chi connectivity index (χ3v) is 3.96. The van der Waals surface area contributed by atoms with Crippen LogP contribution in [0.1, 0.15) is 26.5 Å². The summed E-state index contributed by atoms with van der Waals surface area (Å²) in [4.78, 5) is 24.8. The van der Waals surface area contributed by atoms with E-state index in [4.69, 9.17) is 20.9 Å². The van der Waals surface area contributed by atoms with E-state index in [1.54, 1.807) is 49.4 Å². The van der Waals surface area contributed by atoms with E-state index in [-0.39, 0.29) is 5.91 Å². The summed E-state index contributed by atoms with van der Waals surface area (Å²) in [5, 5.41) is 9.43. The summed E-state index contributed by atoms with van der Waals surface area (Å²) in [7, 11) is 1.51. The number of carbonyl (C=O) groups excluding carboxylic acids is 2. The molecule has 2 N–H and O–H groups in total. The van der Waals surface area contributed by atoms with E-state index >= 15 is 0 Å². The highest BCUT2D eigenvalue weighted by molar-refractivity contribution is 6.32. The Hall–Kier alpha value is -3.32. The Morgan fingerprint density at radius 2 is 1.74 bits per heavy atom. The van der Waals surface area contributed by atoms with E-state index in [1.165, 1.54) is 13.2 Å². The lowest BCUT2D eigenvalue weighted by Gasteiger charge is -2.09. The molecule has 8 heteroatoms. The molecule has 0 fully saturated rings. The molecule has 0 atom stereocenters. The number of carbonyl (C=O) groups is 2. The van der Waals surface area contributed by atoms with E-state index < -0.39 is 5.91 Å². The molecule has 0 aliphatic carbocycles. The van der Waals surface area contributed by atoms with Crippen LogP contribution in [0.3, 0.4) is 0 Å². The molecule has 7 nitrogen and oxygen atoms in total. The SMILES string of the molecule is COc1ccc(NC(=O)c2cccc(C(=O)Nc3cc(C)on3)c2)cc1Cl. The van der Waals surface area contributed by atoms with E-state index in [0.717, 1.165) is 0 Å². The second-order valence-corrected chi connectivity index (χ2v) is 6.07. The van der Waals surface area contributed by atoms with Gasteiger partial charge in [0.15, 0.2) is 5.82 Å². The Labute approximate surface area is 160 Å². The molecule has 2 amide bonds. The zero-order valence-electron chi connectivity index (χ0n) is 14.6. The Bertz CT molecular complexity index is 1000. The molecule has 3 aromatic rings. The summed E-state index contributed by atoms with van der Waals surface area (Å²) in [5.74, 6) is 0.627. The molecule has 138 valence electrons. The first-order chi connectivity index (χ1) is 13.0. The molecule has 0 aliphatic rings. The van der Waals surface area contributed by atoms with Gasteiger partial charge >= 0.3 is 0 Å². The van der Waals surface area contributed by atoms with Gasteiger partial charge in [-0.1, -0.05) is 22.8 Å². The van der Waals surface area contributed by atoms with Gasteiger partial charge in [-0.3, -0.25) is 9.59 Å². The summed E-state index contributed by atoms with van der Waals surface area (Å²) < 4.78 is 9.99. The van der Waals surface area contributed by atoms with Crippen molar-refractivity contribution in [3.63, 3.8) is 0 Å². The van der Waals surface area contributed by atoms with Gasteiger partial charge in [0, 0.05) is 22.9 Å². The quantitative estimate of drug-likeness (QED) is 0.688. The number of amides is 2. The molecule has 0 saturated carbocycles. The number of halogens is 1. The highest BCUT2D eigenvalue weighted by Gasteiger charge is 2.13. The average molecular weight is 386 g/mol. The van der Waals surface area contributed by atoms with Crippen molar-refractivity contribution < 1.29 is 18.8 Å². The monoisotopic (exact) mass is 385 g/mol. The van der Waals surface area contributed by atoms with Crippen molar-refractivity contribution in [3.8, 4) is 5.75 Å². The van der Waals surface area contributed by atoms with E-state index in [1.807, 2.05) is 0 Å². The summed E-state index contributed by atoms with van der Waals surface area (Å²) in [6.07, 6.45) is 0. The maximum atomic E-state index is 12.5. The van der Waals surface area contributed by atoms with Crippen molar-refractivity contribution >= 4 is 34.9 Å². The van der Waals surface area contributed by atoms with Crippen molar-refractivity contribution in [2.45, 2.75) is 6.92 Å². The van der Waals surface area contributed by atoms with Crippen LogP contribution in [0.25, 0.3) is 0 Å². The van der Waals surface area contributed by atoms with Gasteiger partial charge in [0.2, 0.25) is 0 Å². The lowest BCUT2D eigenvalue weighted by molar-refractivity contribution is 0.102. The van der Waals surface area contributed by atoms with Crippen LogP contribution >= 0.6 is 11.6 Å². The number of rotatable bonds is 5. The molecular weight excluding hydrogens is 370 g/mol. The third-order valence-electron chi connectivity index (χ3n) is 3.67. The molecule has 0 saturated heterocycles. The lowest BCUT2D eigenvalue weighted by Crippen LogP contribution is -2.15. The second-order valence-electron chi connectivity index (χ2n) is 5.66. The van der Waals surface area contributed by atoms with Crippen molar-refractivity contribution in [1.29, 1.82) is 0 Å². The maximum absolute atomic E-state index is 12.5. The van der Waals surface area contributed by atoms with Crippen LogP contribution in [0.15, 0.2) is 53.1 Å². The summed E-state index contributed by atoms with van der Waals surface area (Å²) in [6, 6.07) is 12.8. The van der Waals surface area contributed by atoms with Gasteiger partial charge in [0.05, 0.1) is 12.1 Å². The molecule has 0 unspecified atom stereocenters. The highest BCUT2D eigenvalue weighted by Crippen LogP contribution is 2.27. The summed E-state index contributed by atoms with van der Waals surface area (Å²) >= 11 is 6.06. The van der Waals surface area contributed by atoms with Gasteiger partial charge in [0.1, 0.15) is 11.5 Å². The third kappa shape index (κ3) is 4.45. The normalized spacial score (nSPS) is 10.3. The standard InChI is InChI=1S/C19H16ClN3O4/c1-11-8-17(23-27-11)22-19(25)13-5-3-4-12(9-13)18(24)21-14-6-7-16(26-2)15(20)10-14/h3-10H,1-2H3,(H,21,24)(H,22,23,25). The van der Waals surface area contributed by atoms with Gasteiger partial charge < -0.3 is 19.9 Å². The van der Waals surface area contributed by atoms with Gasteiger partial charge in [-0.15, -0.1) is 0 Å². The predicted octanol–water partition coefficient (Wildman–Crippen LogP) is 4.15. The first kappa shape index (κ1) is 18.5. The number of aromatic nitrogens is 1. The maximum Gasteiger partial charge on any atom is 0.256 e. The number of methoxy groups -OCH3 is 1. The van der Waals surface area contributed by atoms with E-state index in [0.29, 0.717) is 39.2 Å². The minimum atomic E-state index is -0.398. The number of hydrogen-bond acceptors (Lipinski definition) is 5. The lowest BCUT2D eigenvalue weighted by atomic mass is 10.1. The molecule has 0 bridgehead atoms. The molecule has 2 aromatic carbocycles. The Balaban J connectivity index is 1.73. The van der Waals surface area contributed by atoms with Gasteiger partial charge in [0.25, 0.3) is 11.8 Å².